The van der Waals surface area contributed by atoms with E-state index in [4.69, 9.17) is 5.73 Å². The lowest BCUT2D eigenvalue weighted by Crippen LogP contribution is -2.14. The predicted octanol–water partition coefficient (Wildman–Crippen LogP) is -0.187. The van der Waals surface area contributed by atoms with E-state index in [1.165, 1.54) is 0 Å². The minimum atomic E-state index is -0.372. The Labute approximate surface area is 64.5 Å². The van der Waals surface area contributed by atoms with Crippen molar-refractivity contribution in [2.75, 3.05) is 0 Å². The third kappa shape index (κ3) is 2.33. The van der Waals surface area contributed by atoms with Crippen molar-refractivity contribution in [2.45, 2.75) is 13.3 Å². The summed E-state index contributed by atoms with van der Waals surface area (Å²) >= 11 is 0. The zero-order chi connectivity index (χ0) is 8.27. The minimum Gasteiger partial charge on any atom is -0.369 e. The molecular formula is C7H9N3O. The zero-order valence-corrected chi connectivity index (χ0v) is 6.24. The predicted molar refractivity (Wildman–Crippen MR) is 39.7 cm³/mol. The number of nitrogens with zero attached hydrogens (tertiary/aromatic N) is 2. The normalized spacial score (nSPS) is 9.55. The number of carbonyl (C=O) groups excluding carboxylic acids is 1. The van der Waals surface area contributed by atoms with Gasteiger partial charge >= 0.3 is 0 Å². The van der Waals surface area contributed by atoms with E-state index in [1.54, 1.807) is 19.2 Å². The van der Waals surface area contributed by atoms with Crippen molar-refractivity contribution in [1.82, 2.24) is 9.97 Å². The van der Waals surface area contributed by atoms with Crippen LogP contribution in [0.2, 0.25) is 0 Å². The quantitative estimate of drug-likeness (QED) is 0.637. The summed E-state index contributed by atoms with van der Waals surface area (Å²) in [5.41, 5.74) is 5.65. The second-order valence-corrected chi connectivity index (χ2v) is 2.24. The van der Waals surface area contributed by atoms with Crippen molar-refractivity contribution in [2.24, 2.45) is 5.73 Å². The monoisotopic (exact) mass is 151 g/mol. The Morgan fingerprint density at radius 1 is 1.73 bits per heavy atom. The van der Waals surface area contributed by atoms with E-state index >= 15 is 0 Å². The molecule has 0 unspecified atom stereocenters. The average Bonchev–Trinajstić information content (AvgIpc) is 1.85. The standard InChI is InChI=1S/C7H9N3O/c1-5-9-3-2-6(10-5)4-7(8)11/h2-3H,4H2,1H3,(H2,8,11). The maximum atomic E-state index is 10.4. The number of hydrogen-bond acceptors (Lipinski definition) is 3. The third-order valence-corrected chi connectivity index (χ3v) is 1.19. The molecular weight excluding hydrogens is 142 g/mol. The number of primary amides is 1. The first-order valence-electron chi connectivity index (χ1n) is 3.25. The number of nitrogens with two attached hydrogens (primary N) is 1. The zero-order valence-electron chi connectivity index (χ0n) is 6.24. The number of rotatable bonds is 2. The molecule has 4 nitrogen and oxygen atoms in total. The van der Waals surface area contributed by atoms with Crippen molar-refractivity contribution in [3.8, 4) is 0 Å². The molecule has 1 rings (SSSR count). The highest BCUT2D eigenvalue weighted by Crippen LogP contribution is 1.94. The van der Waals surface area contributed by atoms with E-state index in [-0.39, 0.29) is 12.3 Å². The Morgan fingerprint density at radius 2 is 2.45 bits per heavy atom. The van der Waals surface area contributed by atoms with Crippen LogP contribution in [0.4, 0.5) is 0 Å². The largest absolute Gasteiger partial charge is 0.369 e. The van der Waals surface area contributed by atoms with E-state index in [2.05, 4.69) is 9.97 Å². The molecule has 0 aliphatic heterocycles. The molecule has 0 aromatic carbocycles. The van der Waals surface area contributed by atoms with Gasteiger partial charge in [-0.2, -0.15) is 0 Å². The summed E-state index contributed by atoms with van der Waals surface area (Å²) in [7, 11) is 0. The van der Waals surface area contributed by atoms with E-state index in [0.717, 1.165) is 0 Å². The molecule has 0 spiro atoms. The van der Waals surface area contributed by atoms with Crippen LogP contribution in [0.5, 0.6) is 0 Å². The van der Waals surface area contributed by atoms with Gasteiger partial charge in [0.1, 0.15) is 5.82 Å². The molecule has 4 heteroatoms. The van der Waals surface area contributed by atoms with Gasteiger partial charge in [0.25, 0.3) is 0 Å². The fourth-order valence-electron chi connectivity index (χ4n) is 0.782. The molecule has 0 bridgehead atoms. The molecule has 0 radical (unpaired) electrons. The van der Waals surface area contributed by atoms with Gasteiger partial charge in [0.05, 0.1) is 12.1 Å². The topological polar surface area (TPSA) is 68.9 Å². The van der Waals surface area contributed by atoms with Gasteiger partial charge in [0.2, 0.25) is 5.91 Å². The number of aryl methyl sites for hydroxylation is 1. The summed E-state index contributed by atoms with van der Waals surface area (Å²) in [6.45, 7) is 1.77. The summed E-state index contributed by atoms with van der Waals surface area (Å²) in [6.07, 6.45) is 1.80. The molecule has 2 N–H and O–H groups in total. The van der Waals surface area contributed by atoms with Gasteiger partial charge in [-0.05, 0) is 13.0 Å². The van der Waals surface area contributed by atoms with Crippen LogP contribution in [-0.4, -0.2) is 15.9 Å². The second kappa shape index (κ2) is 3.09. The summed E-state index contributed by atoms with van der Waals surface area (Å²) in [5, 5.41) is 0. The smallest absolute Gasteiger partial charge is 0.223 e. The Kier molecular flexibility index (Phi) is 2.15. The molecule has 1 aromatic heterocycles. The second-order valence-electron chi connectivity index (χ2n) is 2.24. The highest BCUT2D eigenvalue weighted by molar-refractivity contribution is 5.75. The maximum absolute atomic E-state index is 10.4. The van der Waals surface area contributed by atoms with E-state index in [1.807, 2.05) is 0 Å². The van der Waals surface area contributed by atoms with Gasteiger partial charge in [-0.1, -0.05) is 0 Å². The summed E-state index contributed by atoms with van der Waals surface area (Å²) in [6, 6.07) is 1.68. The highest BCUT2D eigenvalue weighted by Gasteiger charge is 1.98. The molecule has 0 saturated carbocycles. The first-order valence-corrected chi connectivity index (χ1v) is 3.25. The number of amides is 1. The van der Waals surface area contributed by atoms with Crippen LogP contribution in [0, 0.1) is 6.92 Å². The molecule has 0 aliphatic carbocycles. The number of carbonyl (C=O) groups is 1. The van der Waals surface area contributed by atoms with Crippen molar-refractivity contribution in [3.05, 3.63) is 23.8 Å². The molecule has 1 heterocycles. The lowest BCUT2D eigenvalue weighted by Gasteiger charge is -1.95. The van der Waals surface area contributed by atoms with Gasteiger partial charge in [-0.3, -0.25) is 4.79 Å². The maximum Gasteiger partial charge on any atom is 0.223 e. The third-order valence-electron chi connectivity index (χ3n) is 1.19. The minimum absolute atomic E-state index is 0.184. The Hall–Kier alpha value is -1.45. The fraction of sp³-hybridized carbons (Fsp3) is 0.286. The van der Waals surface area contributed by atoms with Crippen molar-refractivity contribution >= 4 is 5.91 Å². The molecule has 1 aromatic rings. The van der Waals surface area contributed by atoms with Gasteiger partial charge in [-0.15, -0.1) is 0 Å². The lowest BCUT2D eigenvalue weighted by molar-refractivity contribution is -0.117. The lowest BCUT2D eigenvalue weighted by atomic mass is 10.3. The van der Waals surface area contributed by atoms with E-state index < -0.39 is 0 Å². The van der Waals surface area contributed by atoms with Crippen LogP contribution in [0.15, 0.2) is 12.3 Å². The first-order chi connectivity index (χ1) is 5.18. The van der Waals surface area contributed by atoms with Crippen LogP contribution in [0.25, 0.3) is 0 Å². The molecule has 58 valence electrons. The van der Waals surface area contributed by atoms with Crippen LogP contribution in [0.3, 0.4) is 0 Å². The van der Waals surface area contributed by atoms with Crippen LogP contribution < -0.4 is 5.73 Å². The highest BCUT2D eigenvalue weighted by atomic mass is 16.1. The number of aromatic nitrogens is 2. The van der Waals surface area contributed by atoms with Crippen molar-refractivity contribution in [3.63, 3.8) is 0 Å². The van der Waals surface area contributed by atoms with Crippen LogP contribution in [-0.2, 0) is 11.2 Å². The van der Waals surface area contributed by atoms with Gasteiger partial charge < -0.3 is 5.73 Å². The molecule has 1 amide bonds. The van der Waals surface area contributed by atoms with Crippen LogP contribution in [0.1, 0.15) is 11.5 Å². The molecule has 0 atom stereocenters. The van der Waals surface area contributed by atoms with Gasteiger partial charge in [0, 0.05) is 6.20 Å². The Morgan fingerprint density at radius 3 is 3.00 bits per heavy atom. The summed E-state index contributed by atoms with van der Waals surface area (Å²) < 4.78 is 0. The van der Waals surface area contributed by atoms with Crippen LogP contribution >= 0.6 is 0 Å². The molecule has 0 fully saturated rings. The molecule has 0 aliphatic rings. The number of hydrogen-bond donors (Lipinski definition) is 1. The summed E-state index contributed by atoms with van der Waals surface area (Å²) in [4.78, 5) is 18.3. The van der Waals surface area contributed by atoms with Crippen molar-refractivity contribution in [1.29, 1.82) is 0 Å². The molecule has 11 heavy (non-hydrogen) atoms. The van der Waals surface area contributed by atoms with E-state index in [0.29, 0.717) is 11.5 Å². The van der Waals surface area contributed by atoms with Crippen molar-refractivity contribution < 1.29 is 4.79 Å². The first kappa shape index (κ1) is 7.65. The fourth-order valence-corrected chi connectivity index (χ4v) is 0.782. The summed E-state index contributed by atoms with van der Waals surface area (Å²) in [5.74, 6) is 0.284. The Balaban J connectivity index is 2.79. The Bertz CT molecular complexity index is 272. The van der Waals surface area contributed by atoms with Gasteiger partial charge in [0.15, 0.2) is 0 Å². The van der Waals surface area contributed by atoms with E-state index in [9.17, 15) is 4.79 Å². The molecule has 0 saturated heterocycles. The average molecular weight is 151 g/mol. The SMILES string of the molecule is Cc1nccc(CC(N)=O)n1. The van der Waals surface area contributed by atoms with Gasteiger partial charge in [-0.25, -0.2) is 9.97 Å².